The second kappa shape index (κ2) is 19.8. The van der Waals surface area contributed by atoms with Crippen LogP contribution in [0.1, 0.15) is 136 Å². The summed E-state index contributed by atoms with van der Waals surface area (Å²) in [6, 6.07) is 0. The monoisotopic (exact) mass is 354 g/mol. The average Bonchev–Trinajstić information content (AvgIpc) is 2.60. The van der Waals surface area contributed by atoms with Crippen molar-refractivity contribution < 1.29 is 9.53 Å². The zero-order valence-corrected chi connectivity index (χ0v) is 17.6. The third kappa shape index (κ3) is 18.1. The summed E-state index contributed by atoms with van der Waals surface area (Å²) in [5.41, 5.74) is 0. The van der Waals surface area contributed by atoms with E-state index in [0.29, 0.717) is 6.42 Å². The van der Waals surface area contributed by atoms with E-state index in [1.165, 1.54) is 77.0 Å². The van der Waals surface area contributed by atoms with Crippen molar-refractivity contribution in [1.82, 2.24) is 0 Å². The smallest absolute Gasteiger partial charge is 0.306 e. The molecule has 0 aromatic carbocycles. The molecule has 0 atom stereocenters. The van der Waals surface area contributed by atoms with Gasteiger partial charge in [0.15, 0.2) is 0 Å². The van der Waals surface area contributed by atoms with Crippen LogP contribution >= 0.6 is 0 Å². The maximum Gasteiger partial charge on any atom is 0.306 e. The van der Waals surface area contributed by atoms with Gasteiger partial charge in [0, 0.05) is 6.42 Å². The molecule has 0 rings (SSSR count). The third-order valence-electron chi connectivity index (χ3n) is 5.04. The number of hydrogen-bond donors (Lipinski definition) is 0. The van der Waals surface area contributed by atoms with E-state index < -0.39 is 0 Å². The number of hydrogen-bond acceptors (Lipinski definition) is 2. The Morgan fingerprint density at radius 3 is 1.48 bits per heavy atom. The summed E-state index contributed by atoms with van der Waals surface area (Å²) in [5.74, 6) is 0.0374. The third-order valence-corrected chi connectivity index (χ3v) is 5.04. The fourth-order valence-corrected chi connectivity index (χ4v) is 3.33. The fraction of sp³-hybridized carbons (Fsp3) is 0.957. The Balaban J connectivity index is 3.97. The molecule has 0 aliphatic carbocycles. The lowest BCUT2D eigenvalue weighted by Gasteiger charge is -2.18. The van der Waals surface area contributed by atoms with Crippen molar-refractivity contribution in [2.45, 2.75) is 142 Å². The van der Waals surface area contributed by atoms with E-state index in [4.69, 9.17) is 4.74 Å². The number of unbranched alkanes of at least 4 members (excludes halogenated alkanes) is 12. The Labute approximate surface area is 158 Å². The van der Waals surface area contributed by atoms with E-state index in [1.54, 1.807) is 0 Å². The standard InChI is InChI=1S/C23H46O2/c1-4-7-10-12-14-17-19-22(20-18-15-13-11-8-5-2)25-23(24)21-16-9-6-3/h22H,4-21H2,1-3H3. The van der Waals surface area contributed by atoms with Crippen LogP contribution in [0, 0.1) is 0 Å². The number of esters is 1. The molecule has 150 valence electrons. The highest BCUT2D eigenvalue weighted by atomic mass is 16.5. The van der Waals surface area contributed by atoms with Gasteiger partial charge < -0.3 is 4.74 Å². The van der Waals surface area contributed by atoms with Crippen molar-refractivity contribution in [3.05, 3.63) is 0 Å². The fourth-order valence-electron chi connectivity index (χ4n) is 3.33. The second-order valence-corrected chi connectivity index (χ2v) is 7.68. The molecule has 0 heterocycles. The Morgan fingerprint density at radius 2 is 1.00 bits per heavy atom. The molecular formula is C23H46O2. The lowest BCUT2D eigenvalue weighted by atomic mass is 10.0. The van der Waals surface area contributed by atoms with Gasteiger partial charge in [-0.05, 0) is 32.1 Å². The predicted octanol–water partition coefficient (Wildman–Crippen LogP) is 7.98. The molecule has 0 aromatic rings. The van der Waals surface area contributed by atoms with Gasteiger partial charge in [-0.1, -0.05) is 97.8 Å². The molecule has 0 amide bonds. The number of carbonyl (C=O) groups excluding carboxylic acids is 1. The van der Waals surface area contributed by atoms with Gasteiger partial charge in [-0.2, -0.15) is 0 Å². The maximum atomic E-state index is 12.1. The summed E-state index contributed by atoms with van der Waals surface area (Å²) in [7, 11) is 0. The van der Waals surface area contributed by atoms with Gasteiger partial charge in [0.05, 0.1) is 0 Å². The topological polar surface area (TPSA) is 26.3 Å². The Bertz CT molecular complexity index is 259. The van der Waals surface area contributed by atoms with E-state index >= 15 is 0 Å². The first kappa shape index (κ1) is 24.5. The molecule has 0 aliphatic rings. The minimum Gasteiger partial charge on any atom is -0.462 e. The lowest BCUT2D eigenvalue weighted by molar-refractivity contribution is -0.150. The van der Waals surface area contributed by atoms with E-state index in [9.17, 15) is 4.79 Å². The summed E-state index contributed by atoms with van der Waals surface area (Å²) in [4.78, 5) is 12.1. The first-order valence-electron chi connectivity index (χ1n) is 11.4. The molecule has 0 N–H and O–H groups in total. The molecule has 0 unspecified atom stereocenters. The van der Waals surface area contributed by atoms with Crippen LogP contribution in [0.25, 0.3) is 0 Å². The summed E-state index contributed by atoms with van der Waals surface area (Å²) < 4.78 is 5.81. The van der Waals surface area contributed by atoms with Gasteiger partial charge in [-0.3, -0.25) is 4.79 Å². The van der Waals surface area contributed by atoms with Gasteiger partial charge in [0.2, 0.25) is 0 Å². The summed E-state index contributed by atoms with van der Waals surface area (Å²) in [6.07, 6.45) is 21.9. The van der Waals surface area contributed by atoms with Crippen LogP contribution in [-0.2, 0) is 9.53 Å². The highest BCUT2D eigenvalue weighted by Crippen LogP contribution is 2.17. The minimum atomic E-state index is 0.0374. The normalized spacial score (nSPS) is 11.2. The maximum absolute atomic E-state index is 12.1. The van der Waals surface area contributed by atoms with Gasteiger partial charge >= 0.3 is 5.97 Å². The Morgan fingerprint density at radius 1 is 0.600 bits per heavy atom. The molecule has 2 heteroatoms. The molecule has 0 aromatic heterocycles. The van der Waals surface area contributed by atoms with Crippen molar-refractivity contribution in [2.24, 2.45) is 0 Å². The summed E-state index contributed by atoms with van der Waals surface area (Å²) in [6.45, 7) is 6.69. The van der Waals surface area contributed by atoms with Gasteiger partial charge in [-0.25, -0.2) is 0 Å². The number of rotatable bonds is 19. The summed E-state index contributed by atoms with van der Waals surface area (Å²) in [5, 5.41) is 0. The Kier molecular flexibility index (Phi) is 19.4. The molecule has 2 nitrogen and oxygen atoms in total. The van der Waals surface area contributed by atoms with Crippen LogP contribution in [0.15, 0.2) is 0 Å². The zero-order valence-electron chi connectivity index (χ0n) is 17.6. The molecule has 25 heavy (non-hydrogen) atoms. The van der Waals surface area contributed by atoms with Crippen LogP contribution in [0.2, 0.25) is 0 Å². The number of carbonyl (C=O) groups is 1. The molecule has 0 saturated carbocycles. The van der Waals surface area contributed by atoms with Crippen molar-refractivity contribution >= 4 is 5.97 Å². The van der Waals surface area contributed by atoms with E-state index in [1.807, 2.05) is 0 Å². The zero-order chi connectivity index (χ0) is 18.6. The highest BCUT2D eigenvalue weighted by molar-refractivity contribution is 5.69. The van der Waals surface area contributed by atoms with Crippen LogP contribution in [0.3, 0.4) is 0 Å². The van der Waals surface area contributed by atoms with Crippen molar-refractivity contribution in [3.8, 4) is 0 Å². The first-order chi connectivity index (χ1) is 12.2. The number of ether oxygens (including phenoxy) is 1. The quantitative estimate of drug-likeness (QED) is 0.173. The second-order valence-electron chi connectivity index (χ2n) is 7.68. The first-order valence-corrected chi connectivity index (χ1v) is 11.4. The van der Waals surface area contributed by atoms with E-state index in [-0.39, 0.29) is 12.1 Å². The van der Waals surface area contributed by atoms with E-state index in [0.717, 1.165) is 32.1 Å². The predicted molar refractivity (Wildman–Crippen MR) is 110 cm³/mol. The molecule has 0 spiro atoms. The molecule has 0 aliphatic heterocycles. The molecule has 0 saturated heterocycles. The highest BCUT2D eigenvalue weighted by Gasteiger charge is 2.14. The molecule has 0 fully saturated rings. The van der Waals surface area contributed by atoms with E-state index in [2.05, 4.69) is 20.8 Å². The molecular weight excluding hydrogens is 308 g/mol. The van der Waals surface area contributed by atoms with Crippen LogP contribution in [-0.4, -0.2) is 12.1 Å². The van der Waals surface area contributed by atoms with Gasteiger partial charge in [-0.15, -0.1) is 0 Å². The summed E-state index contributed by atoms with van der Waals surface area (Å²) >= 11 is 0. The SMILES string of the molecule is CCCCCCCCC(CCCCCCCC)OC(=O)CCCCC. The van der Waals surface area contributed by atoms with Crippen molar-refractivity contribution in [2.75, 3.05) is 0 Å². The Hall–Kier alpha value is -0.530. The van der Waals surface area contributed by atoms with Gasteiger partial charge in [0.25, 0.3) is 0 Å². The van der Waals surface area contributed by atoms with Gasteiger partial charge in [0.1, 0.15) is 6.10 Å². The van der Waals surface area contributed by atoms with Crippen LogP contribution < -0.4 is 0 Å². The average molecular weight is 355 g/mol. The van der Waals surface area contributed by atoms with Crippen LogP contribution in [0.5, 0.6) is 0 Å². The van der Waals surface area contributed by atoms with Crippen LogP contribution in [0.4, 0.5) is 0 Å². The lowest BCUT2D eigenvalue weighted by Crippen LogP contribution is -2.18. The molecule has 0 radical (unpaired) electrons. The molecule has 0 bridgehead atoms. The van der Waals surface area contributed by atoms with Crippen molar-refractivity contribution in [1.29, 1.82) is 0 Å². The minimum absolute atomic E-state index is 0.0374. The largest absolute Gasteiger partial charge is 0.462 e. The van der Waals surface area contributed by atoms with Crippen molar-refractivity contribution in [3.63, 3.8) is 0 Å².